The number of rotatable bonds is 4. The van der Waals surface area contributed by atoms with Crippen LogP contribution in [0.15, 0.2) is 0 Å². The fourth-order valence-electron chi connectivity index (χ4n) is 2.18. The number of carbonyl (C=O) groups is 1. The second kappa shape index (κ2) is 8.74. The minimum Gasteiger partial charge on any atom is -0.317 e. The molecule has 1 fully saturated rings. The third-order valence-electron chi connectivity index (χ3n) is 3.39. The number of Topliss-reactive ketones (excluding diaryl/α,β-unsaturated/α-hetero) is 1. The molecule has 0 radical (unpaired) electrons. The van der Waals surface area contributed by atoms with Crippen molar-refractivity contribution in [3.63, 3.8) is 0 Å². The molecular weight excluding hydrogens is 198 g/mol. The van der Waals surface area contributed by atoms with E-state index in [2.05, 4.69) is 5.32 Å². The van der Waals surface area contributed by atoms with E-state index in [4.69, 9.17) is 0 Å². The molecule has 1 rings (SSSR count). The number of hydrogen-bond donors (Lipinski definition) is 1. The molecule has 1 aliphatic rings. The molecule has 0 heterocycles. The SMILES string of the molecule is CC.CNC1CCC(CC(=O)C(C)C)CC1. The number of nitrogens with one attached hydrogen (secondary N) is 1. The molecule has 0 unspecified atom stereocenters. The van der Waals surface area contributed by atoms with Crippen molar-refractivity contribution in [2.24, 2.45) is 11.8 Å². The smallest absolute Gasteiger partial charge is 0.135 e. The average Bonchev–Trinajstić information content (AvgIpc) is 2.32. The van der Waals surface area contributed by atoms with Crippen molar-refractivity contribution < 1.29 is 4.79 Å². The lowest BCUT2D eigenvalue weighted by Gasteiger charge is -2.28. The first-order valence-corrected chi connectivity index (χ1v) is 6.83. The average molecular weight is 227 g/mol. The van der Waals surface area contributed by atoms with Gasteiger partial charge in [-0.2, -0.15) is 0 Å². The van der Waals surface area contributed by atoms with Crippen LogP contribution < -0.4 is 5.32 Å². The van der Waals surface area contributed by atoms with E-state index in [1.165, 1.54) is 25.7 Å². The van der Waals surface area contributed by atoms with Crippen LogP contribution in [0.2, 0.25) is 0 Å². The Kier molecular flexibility index (Phi) is 8.54. The second-order valence-corrected chi connectivity index (χ2v) is 4.83. The summed E-state index contributed by atoms with van der Waals surface area (Å²) in [5, 5.41) is 3.32. The van der Waals surface area contributed by atoms with Gasteiger partial charge in [-0.1, -0.05) is 27.7 Å². The summed E-state index contributed by atoms with van der Waals surface area (Å²) in [6.45, 7) is 8.00. The van der Waals surface area contributed by atoms with E-state index in [1.54, 1.807) is 0 Å². The molecule has 2 heteroatoms. The van der Waals surface area contributed by atoms with Gasteiger partial charge >= 0.3 is 0 Å². The molecule has 0 aromatic heterocycles. The van der Waals surface area contributed by atoms with Crippen molar-refractivity contribution in [1.29, 1.82) is 0 Å². The van der Waals surface area contributed by atoms with Gasteiger partial charge in [0.25, 0.3) is 0 Å². The quantitative estimate of drug-likeness (QED) is 0.797. The van der Waals surface area contributed by atoms with Crippen LogP contribution in [-0.4, -0.2) is 18.9 Å². The molecule has 0 saturated heterocycles. The van der Waals surface area contributed by atoms with Gasteiger partial charge in [0.2, 0.25) is 0 Å². The van der Waals surface area contributed by atoms with E-state index in [1.807, 2.05) is 34.7 Å². The van der Waals surface area contributed by atoms with Gasteiger partial charge in [-0.3, -0.25) is 4.79 Å². The maximum absolute atomic E-state index is 11.5. The molecule has 1 aliphatic carbocycles. The van der Waals surface area contributed by atoms with E-state index in [9.17, 15) is 4.79 Å². The van der Waals surface area contributed by atoms with Crippen molar-refractivity contribution in [3.8, 4) is 0 Å². The molecule has 0 spiro atoms. The Morgan fingerprint density at radius 2 is 1.69 bits per heavy atom. The summed E-state index contributed by atoms with van der Waals surface area (Å²) < 4.78 is 0. The Balaban J connectivity index is 0.00000106. The lowest BCUT2D eigenvalue weighted by molar-refractivity contribution is -0.123. The van der Waals surface area contributed by atoms with Crippen molar-refractivity contribution in [2.75, 3.05) is 7.05 Å². The molecule has 96 valence electrons. The summed E-state index contributed by atoms with van der Waals surface area (Å²) in [6.07, 6.45) is 5.75. The minimum absolute atomic E-state index is 0.219. The molecule has 0 amide bonds. The molecule has 1 saturated carbocycles. The highest BCUT2D eigenvalue weighted by atomic mass is 16.1. The summed E-state index contributed by atoms with van der Waals surface area (Å²) >= 11 is 0. The zero-order valence-corrected chi connectivity index (χ0v) is 11.7. The summed E-state index contributed by atoms with van der Waals surface area (Å²) in [5.41, 5.74) is 0. The van der Waals surface area contributed by atoms with Crippen LogP contribution in [0.4, 0.5) is 0 Å². The first-order valence-electron chi connectivity index (χ1n) is 6.83. The van der Waals surface area contributed by atoms with E-state index in [-0.39, 0.29) is 5.92 Å². The third-order valence-corrected chi connectivity index (χ3v) is 3.39. The van der Waals surface area contributed by atoms with E-state index in [0.717, 1.165) is 6.42 Å². The number of carbonyl (C=O) groups excluding carboxylic acids is 1. The zero-order chi connectivity index (χ0) is 12.6. The van der Waals surface area contributed by atoms with E-state index < -0.39 is 0 Å². The summed E-state index contributed by atoms with van der Waals surface area (Å²) in [5.74, 6) is 1.32. The fraction of sp³-hybridized carbons (Fsp3) is 0.929. The largest absolute Gasteiger partial charge is 0.317 e. The molecule has 16 heavy (non-hydrogen) atoms. The second-order valence-electron chi connectivity index (χ2n) is 4.83. The Bertz CT molecular complexity index is 181. The van der Waals surface area contributed by atoms with Gasteiger partial charge < -0.3 is 5.32 Å². The minimum atomic E-state index is 0.219. The van der Waals surface area contributed by atoms with Crippen LogP contribution in [-0.2, 0) is 4.79 Å². The van der Waals surface area contributed by atoms with Gasteiger partial charge in [-0.25, -0.2) is 0 Å². The van der Waals surface area contributed by atoms with E-state index in [0.29, 0.717) is 17.7 Å². The van der Waals surface area contributed by atoms with Crippen LogP contribution in [0.25, 0.3) is 0 Å². The maximum atomic E-state index is 11.5. The van der Waals surface area contributed by atoms with Crippen molar-refractivity contribution in [1.82, 2.24) is 5.32 Å². The molecule has 0 bridgehead atoms. The Morgan fingerprint density at radius 1 is 1.19 bits per heavy atom. The monoisotopic (exact) mass is 227 g/mol. The molecule has 0 atom stereocenters. The third kappa shape index (κ3) is 5.64. The van der Waals surface area contributed by atoms with Crippen LogP contribution in [0.5, 0.6) is 0 Å². The standard InChI is InChI=1S/C12H23NO.C2H6/c1-9(2)12(14)8-10-4-6-11(13-3)7-5-10;1-2/h9-11,13H,4-8H2,1-3H3;1-2H3. The van der Waals surface area contributed by atoms with Gasteiger partial charge in [-0.15, -0.1) is 0 Å². The van der Waals surface area contributed by atoms with Gasteiger partial charge in [0, 0.05) is 18.4 Å². The number of hydrogen-bond acceptors (Lipinski definition) is 2. The van der Waals surface area contributed by atoms with Gasteiger partial charge in [0.05, 0.1) is 0 Å². The van der Waals surface area contributed by atoms with Gasteiger partial charge in [-0.05, 0) is 38.6 Å². The Hall–Kier alpha value is -0.370. The van der Waals surface area contributed by atoms with Crippen LogP contribution >= 0.6 is 0 Å². The highest BCUT2D eigenvalue weighted by Crippen LogP contribution is 2.27. The highest BCUT2D eigenvalue weighted by molar-refractivity contribution is 5.80. The molecule has 0 aliphatic heterocycles. The molecule has 1 N–H and O–H groups in total. The summed E-state index contributed by atoms with van der Waals surface area (Å²) in [4.78, 5) is 11.5. The first-order chi connectivity index (χ1) is 7.63. The van der Waals surface area contributed by atoms with Crippen molar-refractivity contribution in [3.05, 3.63) is 0 Å². The van der Waals surface area contributed by atoms with Gasteiger partial charge in [0.15, 0.2) is 0 Å². The topological polar surface area (TPSA) is 29.1 Å². The molecule has 0 aromatic carbocycles. The molecule has 2 nitrogen and oxygen atoms in total. The highest BCUT2D eigenvalue weighted by Gasteiger charge is 2.22. The molecule has 0 aromatic rings. The van der Waals surface area contributed by atoms with Crippen LogP contribution in [0.1, 0.15) is 59.8 Å². The lowest BCUT2D eigenvalue weighted by atomic mass is 9.82. The summed E-state index contributed by atoms with van der Waals surface area (Å²) in [6, 6.07) is 0.695. The predicted octanol–water partition coefficient (Wildman–Crippen LogP) is 3.41. The van der Waals surface area contributed by atoms with Crippen molar-refractivity contribution in [2.45, 2.75) is 65.8 Å². The molecular formula is C14H29NO. The Labute approximate surface area is 101 Å². The van der Waals surface area contributed by atoms with Crippen LogP contribution in [0.3, 0.4) is 0 Å². The lowest BCUT2D eigenvalue weighted by Crippen LogP contribution is -2.31. The predicted molar refractivity (Wildman–Crippen MR) is 70.6 cm³/mol. The van der Waals surface area contributed by atoms with Crippen LogP contribution in [0, 0.1) is 11.8 Å². The van der Waals surface area contributed by atoms with Gasteiger partial charge in [0.1, 0.15) is 5.78 Å². The number of ketones is 1. The summed E-state index contributed by atoms with van der Waals surface area (Å²) in [7, 11) is 2.03. The Morgan fingerprint density at radius 3 is 2.06 bits per heavy atom. The maximum Gasteiger partial charge on any atom is 0.135 e. The first kappa shape index (κ1) is 15.6. The zero-order valence-electron chi connectivity index (χ0n) is 11.7. The van der Waals surface area contributed by atoms with E-state index >= 15 is 0 Å². The normalized spacial score (nSPS) is 24.9. The van der Waals surface area contributed by atoms with Crippen molar-refractivity contribution >= 4 is 5.78 Å². The fourth-order valence-corrected chi connectivity index (χ4v) is 2.18.